The molecular formula is C37H37F3N6O3S. The Kier molecular flexibility index (Phi) is 12.0. The molecule has 0 saturated carbocycles. The van der Waals surface area contributed by atoms with Crippen LogP contribution in [0.25, 0.3) is 0 Å². The topological polar surface area (TPSA) is 130 Å². The van der Waals surface area contributed by atoms with Crippen LogP contribution in [0.15, 0.2) is 71.4 Å². The van der Waals surface area contributed by atoms with E-state index < -0.39 is 17.8 Å². The predicted molar refractivity (Wildman–Crippen MR) is 191 cm³/mol. The lowest BCUT2D eigenvalue weighted by molar-refractivity contribution is -0.115. The van der Waals surface area contributed by atoms with Crippen LogP contribution < -0.4 is 10.2 Å². The second-order valence-corrected chi connectivity index (χ2v) is 12.9. The maximum absolute atomic E-state index is 15.2. The molecule has 4 amide bonds. The summed E-state index contributed by atoms with van der Waals surface area (Å²) < 4.78 is 42.2. The number of aryl methyl sites for hydroxylation is 3. The van der Waals surface area contributed by atoms with Gasteiger partial charge in [-0.2, -0.15) is 10.3 Å². The third-order valence-electron chi connectivity index (χ3n) is 8.15. The number of aliphatic imine (C=N–C) groups is 1. The minimum absolute atomic E-state index is 0.0121. The van der Waals surface area contributed by atoms with Gasteiger partial charge < -0.3 is 15.6 Å². The summed E-state index contributed by atoms with van der Waals surface area (Å²) in [6.45, 7) is 6.43. The number of allylic oxidation sites excluding steroid dienone is 2. The van der Waals surface area contributed by atoms with Crippen molar-refractivity contribution in [3.63, 3.8) is 0 Å². The number of carbonyl (C=O) groups is 3. The van der Waals surface area contributed by atoms with Gasteiger partial charge in [-0.1, -0.05) is 30.8 Å². The first-order valence-corrected chi connectivity index (χ1v) is 16.8. The molecule has 0 bridgehead atoms. The van der Waals surface area contributed by atoms with Crippen molar-refractivity contribution in [1.82, 2.24) is 4.90 Å². The molecule has 0 spiro atoms. The molecule has 0 unspecified atom stereocenters. The smallest absolute Gasteiger partial charge is 0.315 e. The predicted octanol–water partition coefficient (Wildman–Crippen LogP) is 8.39. The van der Waals surface area contributed by atoms with Crippen molar-refractivity contribution in [2.45, 2.75) is 59.3 Å². The van der Waals surface area contributed by atoms with Crippen LogP contribution in [0.3, 0.4) is 0 Å². The maximum Gasteiger partial charge on any atom is 0.347 e. The summed E-state index contributed by atoms with van der Waals surface area (Å²) >= 11 is 1.04. The molecule has 2 N–H and O–H groups in total. The number of amides is 4. The van der Waals surface area contributed by atoms with E-state index in [1.165, 1.54) is 28.0 Å². The molecular weight excluding hydrogens is 666 g/mol. The van der Waals surface area contributed by atoms with Crippen molar-refractivity contribution < 1.29 is 27.6 Å². The number of rotatable bonds is 11. The van der Waals surface area contributed by atoms with Crippen LogP contribution in [0.2, 0.25) is 0 Å². The Morgan fingerprint density at radius 1 is 1.12 bits per heavy atom. The highest BCUT2D eigenvalue weighted by Crippen LogP contribution is 2.34. The van der Waals surface area contributed by atoms with Gasteiger partial charge in [-0.3, -0.25) is 14.5 Å². The van der Waals surface area contributed by atoms with Gasteiger partial charge in [-0.05, 0) is 105 Å². The highest BCUT2D eigenvalue weighted by molar-refractivity contribution is 8.15. The zero-order valence-corrected chi connectivity index (χ0v) is 29.2. The van der Waals surface area contributed by atoms with Crippen LogP contribution >= 0.6 is 11.8 Å². The second kappa shape index (κ2) is 16.0. The summed E-state index contributed by atoms with van der Waals surface area (Å²) in [6.07, 6.45) is 2.02. The van der Waals surface area contributed by atoms with Crippen molar-refractivity contribution in [2.24, 2.45) is 4.99 Å². The molecule has 13 heteroatoms. The number of amidine groups is 1. The SMILES string of the molecule is CC/C(=C\C(=N)c1ccc(NC(=O)/N=C2\SCC(=O)N2c2cc(C)c(C)cc2CCCC(C)(F)F)c(F)c1)N(C)C(=O)c1ccc(C#N)cc1. The van der Waals surface area contributed by atoms with Crippen molar-refractivity contribution in [1.29, 1.82) is 10.7 Å². The molecule has 1 aliphatic rings. The Labute approximate surface area is 293 Å². The zero-order chi connectivity index (χ0) is 36.7. The van der Waals surface area contributed by atoms with E-state index in [4.69, 9.17) is 10.7 Å². The molecule has 50 heavy (non-hydrogen) atoms. The summed E-state index contributed by atoms with van der Waals surface area (Å²) in [6, 6.07) is 14.7. The van der Waals surface area contributed by atoms with Gasteiger partial charge in [-0.25, -0.2) is 18.0 Å². The normalized spacial score (nSPS) is 14.1. The van der Waals surface area contributed by atoms with Crippen LogP contribution in [-0.4, -0.2) is 52.3 Å². The van der Waals surface area contributed by atoms with E-state index in [2.05, 4.69) is 10.3 Å². The number of nitriles is 1. The number of carbonyl (C=O) groups excluding carboxylic acids is 3. The van der Waals surface area contributed by atoms with Crippen LogP contribution in [0, 0.1) is 36.4 Å². The van der Waals surface area contributed by atoms with Crippen molar-refractivity contribution in [3.8, 4) is 6.07 Å². The summed E-state index contributed by atoms with van der Waals surface area (Å²) in [5, 5.41) is 20.0. The molecule has 1 saturated heterocycles. The summed E-state index contributed by atoms with van der Waals surface area (Å²) in [4.78, 5) is 45.7. The Morgan fingerprint density at radius 3 is 2.40 bits per heavy atom. The van der Waals surface area contributed by atoms with E-state index in [0.29, 0.717) is 40.9 Å². The highest BCUT2D eigenvalue weighted by Gasteiger charge is 2.32. The number of halogens is 3. The van der Waals surface area contributed by atoms with E-state index in [1.807, 2.05) is 32.9 Å². The minimum atomic E-state index is -2.82. The lowest BCUT2D eigenvalue weighted by Gasteiger charge is -2.22. The fraction of sp³-hybridized carbons (Fsp3) is 0.297. The fourth-order valence-corrected chi connectivity index (χ4v) is 6.11. The quantitative estimate of drug-likeness (QED) is 0.194. The van der Waals surface area contributed by atoms with E-state index >= 15 is 4.39 Å². The first-order valence-electron chi connectivity index (χ1n) is 15.8. The molecule has 3 aromatic rings. The number of hydrogen-bond acceptors (Lipinski definition) is 6. The van der Waals surface area contributed by atoms with Gasteiger partial charge in [0.2, 0.25) is 11.8 Å². The summed E-state index contributed by atoms with van der Waals surface area (Å²) in [5.41, 5.74) is 4.16. The molecule has 1 fully saturated rings. The highest BCUT2D eigenvalue weighted by atomic mass is 32.2. The Bertz CT molecular complexity index is 1930. The lowest BCUT2D eigenvalue weighted by atomic mass is 9.98. The average Bonchev–Trinajstić information content (AvgIpc) is 3.43. The Morgan fingerprint density at radius 2 is 1.78 bits per heavy atom. The molecule has 0 aromatic heterocycles. The summed E-state index contributed by atoms with van der Waals surface area (Å²) in [7, 11) is 1.57. The number of nitrogens with zero attached hydrogens (tertiary/aromatic N) is 4. The van der Waals surface area contributed by atoms with Crippen LogP contribution in [0.4, 0.5) is 29.3 Å². The van der Waals surface area contributed by atoms with Crippen molar-refractivity contribution in [2.75, 3.05) is 23.0 Å². The monoisotopic (exact) mass is 702 g/mol. The molecule has 260 valence electrons. The lowest BCUT2D eigenvalue weighted by Crippen LogP contribution is -2.31. The standard InChI is InChI=1S/C37H37F3N6O3S/c1-6-28(45(5)34(48)25-11-9-24(20-41)10-12-25)19-30(42)26-13-14-31(29(38)18-26)43-35(49)44-36-46(33(47)21-50-36)32-17-23(3)22(2)16-27(32)8-7-15-37(4,39)40/h9-14,16-19,42H,6-8,15,21H2,1-5H3,(H,43,49)/b28-19+,42-30?,44-36-. The van der Waals surface area contributed by atoms with E-state index in [0.717, 1.165) is 35.9 Å². The van der Waals surface area contributed by atoms with Gasteiger partial charge in [0, 0.05) is 30.3 Å². The zero-order valence-electron chi connectivity index (χ0n) is 28.4. The molecule has 3 aromatic carbocycles. The molecule has 9 nitrogen and oxygen atoms in total. The molecule has 0 radical (unpaired) electrons. The third kappa shape index (κ3) is 9.26. The molecule has 1 aliphatic heterocycles. The number of thioether (sulfide) groups is 1. The number of anilines is 2. The van der Waals surface area contributed by atoms with Gasteiger partial charge in [0.25, 0.3) is 5.91 Å². The fourth-order valence-electron chi connectivity index (χ4n) is 5.25. The summed E-state index contributed by atoms with van der Waals surface area (Å²) in [5.74, 6) is -4.30. The Balaban J connectivity index is 1.50. The number of nitrogens with one attached hydrogen (secondary N) is 2. The van der Waals surface area contributed by atoms with Gasteiger partial charge in [-0.15, -0.1) is 0 Å². The van der Waals surface area contributed by atoms with E-state index in [-0.39, 0.29) is 52.5 Å². The number of benzene rings is 3. The first-order chi connectivity index (χ1) is 23.6. The number of urea groups is 1. The van der Waals surface area contributed by atoms with Gasteiger partial charge >= 0.3 is 6.03 Å². The van der Waals surface area contributed by atoms with E-state index in [1.54, 1.807) is 37.4 Å². The van der Waals surface area contributed by atoms with Gasteiger partial charge in [0.1, 0.15) is 5.82 Å². The van der Waals surface area contributed by atoms with Crippen LogP contribution in [0.5, 0.6) is 0 Å². The van der Waals surface area contributed by atoms with Crippen LogP contribution in [0.1, 0.15) is 71.3 Å². The van der Waals surface area contributed by atoms with Crippen LogP contribution in [-0.2, 0) is 11.2 Å². The first kappa shape index (κ1) is 37.6. The second-order valence-electron chi connectivity index (χ2n) is 12.0. The third-order valence-corrected chi connectivity index (χ3v) is 9.08. The largest absolute Gasteiger partial charge is 0.347 e. The molecule has 4 rings (SSSR count). The maximum atomic E-state index is 15.2. The number of hydrogen-bond donors (Lipinski definition) is 2. The van der Waals surface area contributed by atoms with Crippen molar-refractivity contribution >= 4 is 51.9 Å². The minimum Gasteiger partial charge on any atom is -0.315 e. The van der Waals surface area contributed by atoms with Gasteiger partial charge in [0.15, 0.2) is 5.17 Å². The average molecular weight is 703 g/mol. The molecule has 0 aliphatic carbocycles. The molecule has 0 atom stereocenters. The Hall–Kier alpha value is -5.22. The van der Waals surface area contributed by atoms with Gasteiger partial charge in [0.05, 0.1) is 34.5 Å². The van der Waals surface area contributed by atoms with Crippen molar-refractivity contribution in [3.05, 3.63) is 106 Å². The molecule has 1 heterocycles. The van der Waals surface area contributed by atoms with E-state index in [9.17, 15) is 23.2 Å². The number of alkyl halides is 2.